The van der Waals surface area contributed by atoms with Crippen molar-refractivity contribution in [2.24, 2.45) is 11.1 Å². The summed E-state index contributed by atoms with van der Waals surface area (Å²) < 4.78 is 5.86. The number of carbonyl (C=O) groups excluding carboxylic acids is 2. The first kappa shape index (κ1) is 31.5. The van der Waals surface area contributed by atoms with Crippen LogP contribution in [0, 0.1) is 5.41 Å². The summed E-state index contributed by atoms with van der Waals surface area (Å²) in [5, 5.41) is 30.1. The summed E-state index contributed by atoms with van der Waals surface area (Å²) in [6, 6.07) is 23.0. The van der Waals surface area contributed by atoms with Crippen LogP contribution in [0.3, 0.4) is 0 Å². The molecule has 226 valence electrons. The van der Waals surface area contributed by atoms with Crippen LogP contribution in [0.5, 0.6) is 0 Å². The molecule has 0 aliphatic carbocycles. The van der Waals surface area contributed by atoms with E-state index in [0.29, 0.717) is 12.2 Å². The van der Waals surface area contributed by atoms with Gasteiger partial charge in [0, 0.05) is 12.1 Å². The van der Waals surface area contributed by atoms with E-state index in [4.69, 9.17) is 10.5 Å². The number of carbonyl (C=O) groups is 2. The van der Waals surface area contributed by atoms with Gasteiger partial charge in [-0.1, -0.05) is 92.7 Å². The molecule has 0 aliphatic rings. The molecule has 6 N–H and O–H groups in total. The third kappa shape index (κ3) is 8.54. The first-order valence-electron chi connectivity index (χ1n) is 14.2. The Labute approximate surface area is 251 Å². The second-order valence-electron chi connectivity index (χ2n) is 11.2. The normalized spacial score (nSPS) is 13.6. The molecule has 0 spiro atoms. The van der Waals surface area contributed by atoms with Crippen LogP contribution in [0.25, 0.3) is 22.5 Å². The highest BCUT2D eigenvalue weighted by Gasteiger charge is 2.35. The van der Waals surface area contributed by atoms with Gasteiger partial charge in [-0.05, 0) is 46.2 Å². The molecule has 1 aromatic heterocycles. The quantitative estimate of drug-likeness (QED) is 0.150. The highest BCUT2D eigenvalue weighted by Crippen LogP contribution is 2.32. The molecule has 1 heterocycles. The molecule has 0 aliphatic heterocycles. The predicted octanol–water partition coefficient (Wildman–Crippen LogP) is 2.98. The molecule has 0 fully saturated rings. The average Bonchev–Trinajstić information content (AvgIpc) is 3.54. The summed E-state index contributed by atoms with van der Waals surface area (Å²) in [7, 11) is 0. The van der Waals surface area contributed by atoms with Gasteiger partial charge in [0.25, 0.3) is 0 Å². The van der Waals surface area contributed by atoms with Crippen LogP contribution in [-0.4, -0.2) is 62.3 Å². The maximum atomic E-state index is 13.5. The van der Waals surface area contributed by atoms with Crippen molar-refractivity contribution >= 4 is 11.8 Å². The number of aliphatic hydroxyl groups is 1. The predicted molar refractivity (Wildman–Crippen MR) is 163 cm³/mol. The van der Waals surface area contributed by atoms with Crippen molar-refractivity contribution in [3.63, 3.8) is 0 Å². The van der Waals surface area contributed by atoms with Crippen molar-refractivity contribution in [1.82, 2.24) is 31.3 Å². The molecule has 11 heteroatoms. The maximum absolute atomic E-state index is 13.5. The van der Waals surface area contributed by atoms with Gasteiger partial charge in [-0.2, -0.15) is 5.21 Å². The van der Waals surface area contributed by atoms with E-state index in [-0.39, 0.29) is 19.8 Å². The fourth-order valence-electron chi connectivity index (χ4n) is 4.99. The van der Waals surface area contributed by atoms with E-state index < -0.39 is 35.4 Å². The van der Waals surface area contributed by atoms with Crippen LogP contribution in [0.1, 0.15) is 38.3 Å². The summed E-state index contributed by atoms with van der Waals surface area (Å²) in [5.74, 6) is -0.450. The zero-order chi connectivity index (χ0) is 30.8. The molecule has 4 aromatic rings. The number of rotatable bonds is 14. The number of amides is 2. The van der Waals surface area contributed by atoms with Crippen molar-refractivity contribution in [2.45, 2.75) is 58.5 Å². The molecule has 2 amide bonds. The number of benzene rings is 3. The summed E-state index contributed by atoms with van der Waals surface area (Å²) in [5.41, 5.74) is 9.98. The Morgan fingerprint density at radius 3 is 2.28 bits per heavy atom. The van der Waals surface area contributed by atoms with Gasteiger partial charge < -0.3 is 26.2 Å². The molecule has 0 bridgehead atoms. The lowest BCUT2D eigenvalue weighted by Gasteiger charge is -2.32. The zero-order valence-corrected chi connectivity index (χ0v) is 24.7. The van der Waals surface area contributed by atoms with Crippen LogP contribution in [0.4, 0.5) is 0 Å². The number of ether oxygens (including phenoxy) is 1. The molecular formula is C32H39N7O4. The fourth-order valence-corrected chi connectivity index (χ4v) is 4.99. The number of nitrogens with two attached hydrogens (primary N) is 1. The maximum Gasteiger partial charge on any atom is 0.245 e. The van der Waals surface area contributed by atoms with Gasteiger partial charge in [0.1, 0.15) is 6.04 Å². The number of nitrogens with one attached hydrogen (secondary N) is 3. The third-order valence-corrected chi connectivity index (χ3v) is 7.25. The van der Waals surface area contributed by atoms with Crippen molar-refractivity contribution in [3.05, 3.63) is 90.0 Å². The fraction of sp³-hybridized carbons (Fsp3) is 0.344. The van der Waals surface area contributed by atoms with E-state index in [1.54, 1.807) is 6.92 Å². The minimum absolute atomic E-state index is 0.0572. The van der Waals surface area contributed by atoms with E-state index in [2.05, 4.69) is 31.3 Å². The van der Waals surface area contributed by atoms with Crippen LogP contribution in [-0.2, 0) is 27.5 Å². The zero-order valence-electron chi connectivity index (χ0n) is 24.7. The Hall–Kier alpha value is -4.45. The lowest BCUT2D eigenvalue weighted by molar-refractivity contribution is -0.133. The van der Waals surface area contributed by atoms with E-state index in [9.17, 15) is 14.7 Å². The first-order chi connectivity index (χ1) is 20.7. The molecule has 3 aromatic carbocycles. The Kier molecular flexibility index (Phi) is 10.7. The van der Waals surface area contributed by atoms with Crippen LogP contribution in [0.15, 0.2) is 78.9 Å². The number of aromatic amines is 1. The van der Waals surface area contributed by atoms with Crippen molar-refractivity contribution in [3.8, 4) is 22.5 Å². The average molecular weight is 586 g/mol. The van der Waals surface area contributed by atoms with Gasteiger partial charge in [0.2, 0.25) is 17.6 Å². The molecule has 0 saturated carbocycles. The molecular weight excluding hydrogens is 546 g/mol. The second-order valence-corrected chi connectivity index (χ2v) is 11.2. The van der Waals surface area contributed by atoms with Crippen LogP contribution in [0.2, 0.25) is 0 Å². The largest absolute Gasteiger partial charge is 0.393 e. The summed E-state index contributed by atoms with van der Waals surface area (Å²) in [4.78, 5) is 26.7. The number of hydrogen-bond donors (Lipinski definition) is 5. The topological polar surface area (TPSA) is 168 Å². The number of H-pyrrole nitrogens is 1. The van der Waals surface area contributed by atoms with Crippen LogP contribution < -0.4 is 16.4 Å². The second kappa shape index (κ2) is 14.6. The van der Waals surface area contributed by atoms with Gasteiger partial charge in [-0.3, -0.25) is 9.59 Å². The number of aromatic nitrogens is 4. The Bertz CT molecular complexity index is 1480. The lowest BCUT2D eigenvalue weighted by atomic mass is 9.79. The summed E-state index contributed by atoms with van der Waals surface area (Å²) >= 11 is 0. The van der Waals surface area contributed by atoms with E-state index in [1.807, 2.05) is 92.7 Å². The molecule has 4 rings (SSSR count). The van der Waals surface area contributed by atoms with Crippen molar-refractivity contribution in [1.29, 1.82) is 0 Å². The SMILES string of the molecule is C[C@@H](O)CC(C)(C)C(N)C(=O)N[C@H](COCc1ccccc1)C(=O)NCc1ccccc1-c1ccccc1-c1nn[nH]n1. The lowest BCUT2D eigenvalue weighted by Crippen LogP contribution is -2.57. The Morgan fingerprint density at radius 2 is 1.60 bits per heavy atom. The molecule has 43 heavy (non-hydrogen) atoms. The van der Waals surface area contributed by atoms with Gasteiger partial charge in [0.15, 0.2) is 0 Å². The van der Waals surface area contributed by atoms with E-state index >= 15 is 0 Å². The first-order valence-corrected chi connectivity index (χ1v) is 14.2. The molecule has 0 saturated heterocycles. The molecule has 0 radical (unpaired) electrons. The minimum atomic E-state index is -0.997. The number of nitrogens with zero attached hydrogens (tertiary/aromatic N) is 3. The molecule has 1 unspecified atom stereocenters. The number of hydrogen-bond acceptors (Lipinski definition) is 8. The van der Waals surface area contributed by atoms with Crippen molar-refractivity contribution < 1.29 is 19.4 Å². The number of tetrazole rings is 1. The monoisotopic (exact) mass is 585 g/mol. The van der Waals surface area contributed by atoms with Crippen molar-refractivity contribution in [2.75, 3.05) is 6.61 Å². The van der Waals surface area contributed by atoms with Gasteiger partial charge in [-0.15, -0.1) is 10.2 Å². The molecule has 11 nitrogen and oxygen atoms in total. The summed E-state index contributed by atoms with van der Waals surface area (Å²) in [6.07, 6.45) is -0.308. The molecule has 3 atom stereocenters. The van der Waals surface area contributed by atoms with Gasteiger partial charge in [0.05, 0.1) is 25.4 Å². The smallest absolute Gasteiger partial charge is 0.245 e. The van der Waals surface area contributed by atoms with Gasteiger partial charge in [-0.25, -0.2) is 0 Å². The van der Waals surface area contributed by atoms with E-state index in [1.165, 1.54) is 0 Å². The number of aliphatic hydroxyl groups excluding tert-OH is 1. The van der Waals surface area contributed by atoms with E-state index in [0.717, 1.165) is 27.8 Å². The highest BCUT2D eigenvalue weighted by atomic mass is 16.5. The van der Waals surface area contributed by atoms with Crippen LogP contribution >= 0.6 is 0 Å². The highest BCUT2D eigenvalue weighted by molar-refractivity contribution is 5.90. The standard InChI is InChI=1S/C32H39N7O4/c1-21(40)17-32(2,3)28(33)31(42)35-27(20-43-19-22-11-5-4-6-12-22)30(41)34-18-23-13-7-8-14-24(23)25-15-9-10-16-26(25)29-36-38-39-37-29/h4-16,21,27-28,40H,17-20,33H2,1-3H3,(H,34,41)(H,35,42)(H,36,37,38,39)/t21-,27-,28?/m1/s1. The minimum Gasteiger partial charge on any atom is -0.393 e. The van der Waals surface area contributed by atoms with Gasteiger partial charge >= 0.3 is 0 Å². The Balaban J connectivity index is 1.50. The Morgan fingerprint density at radius 1 is 0.953 bits per heavy atom. The summed E-state index contributed by atoms with van der Waals surface area (Å²) in [6.45, 7) is 5.69. The third-order valence-electron chi connectivity index (χ3n) is 7.25.